The van der Waals surface area contributed by atoms with E-state index in [1.165, 1.54) is 25.1 Å². The highest BCUT2D eigenvalue weighted by molar-refractivity contribution is 6.61. The normalized spacial score (nSPS) is 16.4. The molecule has 84 valence electrons. The lowest BCUT2D eigenvalue weighted by Crippen LogP contribution is -2.32. The highest BCUT2D eigenvalue weighted by Crippen LogP contribution is 2.22. The molecule has 0 spiro atoms. The smallest absolute Gasteiger partial charge is 0.0596 e. The van der Waals surface area contributed by atoms with Crippen molar-refractivity contribution in [2.75, 3.05) is 20.3 Å². The standard InChI is InChI=1S/C12H27NSi/c1-6-9-12(10-7-2)14(8-3)11-13(4)5/h6,9,12,14H,7-8,10-11H2,1-5H3/b9-6+. The second-order valence-corrected chi connectivity index (χ2v) is 7.97. The maximum atomic E-state index is 2.45. The van der Waals surface area contributed by atoms with Crippen molar-refractivity contribution in [3.05, 3.63) is 12.2 Å². The van der Waals surface area contributed by atoms with Gasteiger partial charge in [-0.1, -0.05) is 38.5 Å². The largest absolute Gasteiger partial charge is 0.312 e. The molecule has 0 fully saturated rings. The Morgan fingerprint density at radius 1 is 1.29 bits per heavy atom. The van der Waals surface area contributed by atoms with E-state index in [4.69, 9.17) is 0 Å². The lowest BCUT2D eigenvalue weighted by Gasteiger charge is -2.25. The molecule has 0 bridgehead atoms. The van der Waals surface area contributed by atoms with Gasteiger partial charge in [0.1, 0.15) is 0 Å². The summed E-state index contributed by atoms with van der Waals surface area (Å²) >= 11 is 0. The SMILES string of the molecule is C/C=C/C(CCC)[SiH](CC)CN(C)C. The van der Waals surface area contributed by atoms with Crippen LogP contribution < -0.4 is 0 Å². The third-order valence-electron chi connectivity index (χ3n) is 2.79. The van der Waals surface area contributed by atoms with Gasteiger partial charge in [0, 0.05) is 0 Å². The molecule has 2 heteroatoms. The predicted octanol–water partition coefficient (Wildman–Crippen LogP) is 3.08. The van der Waals surface area contributed by atoms with Crippen LogP contribution in [0, 0.1) is 0 Å². The zero-order valence-corrected chi connectivity index (χ0v) is 11.7. The number of nitrogens with zero attached hydrogens (tertiary/aromatic N) is 1. The molecule has 0 aliphatic carbocycles. The Balaban J connectivity index is 4.25. The summed E-state index contributed by atoms with van der Waals surface area (Å²) in [6, 6.07) is 1.42. The van der Waals surface area contributed by atoms with Crippen LogP contribution in [0.3, 0.4) is 0 Å². The van der Waals surface area contributed by atoms with Crippen molar-refractivity contribution in [2.24, 2.45) is 0 Å². The Morgan fingerprint density at radius 3 is 2.29 bits per heavy atom. The number of allylic oxidation sites excluding steroid dienone is 2. The van der Waals surface area contributed by atoms with Gasteiger partial charge in [0.2, 0.25) is 0 Å². The fourth-order valence-electron chi connectivity index (χ4n) is 2.11. The average molecular weight is 213 g/mol. The quantitative estimate of drug-likeness (QED) is 0.464. The molecule has 0 saturated heterocycles. The third kappa shape index (κ3) is 5.61. The van der Waals surface area contributed by atoms with Crippen LogP contribution in [0.25, 0.3) is 0 Å². The van der Waals surface area contributed by atoms with E-state index in [-0.39, 0.29) is 0 Å². The molecule has 0 amide bonds. The Morgan fingerprint density at radius 2 is 1.93 bits per heavy atom. The van der Waals surface area contributed by atoms with Crippen molar-refractivity contribution in [1.29, 1.82) is 0 Å². The van der Waals surface area contributed by atoms with Gasteiger partial charge in [-0.05, 0) is 39.1 Å². The molecule has 0 aromatic carbocycles. The molecule has 0 aromatic rings. The second kappa shape index (κ2) is 8.24. The molecule has 2 unspecified atom stereocenters. The monoisotopic (exact) mass is 213 g/mol. The van der Waals surface area contributed by atoms with Gasteiger partial charge in [0.25, 0.3) is 0 Å². The van der Waals surface area contributed by atoms with E-state index < -0.39 is 8.80 Å². The minimum atomic E-state index is -0.582. The van der Waals surface area contributed by atoms with Crippen LogP contribution in [-0.2, 0) is 0 Å². The molecular weight excluding hydrogens is 186 g/mol. The van der Waals surface area contributed by atoms with Gasteiger partial charge in [0.15, 0.2) is 0 Å². The van der Waals surface area contributed by atoms with Crippen molar-refractivity contribution in [3.8, 4) is 0 Å². The average Bonchev–Trinajstić information content (AvgIpc) is 2.13. The molecule has 1 nitrogen and oxygen atoms in total. The molecule has 0 rings (SSSR count). The van der Waals surface area contributed by atoms with Crippen molar-refractivity contribution in [2.45, 2.75) is 45.2 Å². The first kappa shape index (κ1) is 13.9. The first-order valence-electron chi connectivity index (χ1n) is 5.93. The van der Waals surface area contributed by atoms with E-state index in [1.54, 1.807) is 0 Å². The summed E-state index contributed by atoms with van der Waals surface area (Å²) in [6.45, 7) is 6.82. The minimum Gasteiger partial charge on any atom is -0.312 e. The summed E-state index contributed by atoms with van der Waals surface area (Å²) < 4.78 is 0. The molecule has 0 aromatic heterocycles. The van der Waals surface area contributed by atoms with Crippen LogP contribution in [0.4, 0.5) is 0 Å². The van der Waals surface area contributed by atoms with Gasteiger partial charge in [0.05, 0.1) is 8.80 Å². The number of hydrogen-bond acceptors (Lipinski definition) is 1. The van der Waals surface area contributed by atoms with Crippen LogP contribution in [0.2, 0.25) is 11.6 Å². The topological polar surface area (TPSA) is 3.24 Å². The Bertz CT molecular complexity index is 154. The van der Waals surface area contributed by atoms with Crippen molar-refractivity contribution in [3.63, 3.8) is 0 Å². The summed E-state index contributed by atoms with van der Waals surface area (Å²) in [7, 11) is 3.82. The summed E-state index contributed by atoms with van der Waals surface area (Å²) in [6.07, 6.45) is 8.76. The van der Waals surface area contributed by atoms with Crippen LogP contribution in [0.5, 0.6) is 0 Å². The van der Waals surface area contributed by atoms with Crippen molar-refractivity contribution >= 4 is 8.80 Å². The minimum absolute atomic E-state index is 0.582. The predicted molar refractivity (Wildman–Crippen MR) is 69.7 cm³/mol. The Kier molecular flexibility index (Phi) is 8.19. The zero-order chi connectivity index (χ0) is 11.0. The van der Waals surface area contributed by atoms with Crippen LogP contribution in [-0.4, -0.2) is 34.0 Å². The second-order valence-electron chi connectivity index (χ2n) is 4.41. The Labute approximate surface area is 91.8 Å². The highest BCUT2D eigenvalue weighted by atomic mass is 28.3. The van der Waals surface area contributed by atoms with Crippen LogP contribution >= 0.6 is 0 Å². The van der Waals surface area contributed by atoms with Gasteiger partial charge in [-0.15, -0.1) is 0 Å². The van der Waals surface area contributed by atoms with Gasteiger partial charge in [-0.3, -0.25) is 0 Å². The molecule has 2 atom stereocenters. The summed E-state index contributed by atoms with van der Waals surface area (Å²) in [4.78, 5) is 2.37. The van der Waals surface area contributed by atoms with E-state index in [0.29, 0.717) is 0 Å². The van der Waals surface area contributed by atoms with Crippen molar-refractivity contribution < 1.29 is 0 Å². The zero-order valence-electron chi connectivity index (χ0n) is 10.6. The number of hydrogen-bond donors (Lipinski definition) is 0. The van der Waals surface area contributed by atoms with E-state index in [1.807, 2.05) is 0 Å². The summed E-state index contributed by atoms with van der Waals surface area (Å²) in [5.74, 6) is 0. The van der Waals surface area contributed by atoms with Crippen LogP contribution in [0.15, 0.2) is 12.2 Å². The van der Waals surface area contributed by atoms with Crippen molar-refractivity contribution in [1.82, 2.24) is 4.90 Å². The summed E-state index contributed by atoms with van der Waals surface area (Å²) in [5, 5.41) is 0. The van der Waals surface area contributed by atoms with Gasteiger partial charge in [-0.2, -0.15) is 0 Å². The fourth-order valence-corrected chi connectivity index (χ4v) is 5.52. The molecule has 0 heterocycles. The first-order chi connectivity index (χ1) is 6.65. The number of rotatable bonds is 7. The van der Waals surface area contributed by atoms with E-state index in [0.717, 1.165) is 5.54 Å². The fraction of sp³-hybridized carbons (Fsp3) is 0.833. The lowest BCUT2D eigenvalue weighted by molar-refractivity contribution is 0.470. The van der Waals surface area contributed by atoms with Crippen LogP contribution in [0.1, 0.15) is 33.6 Å². The maximum absolute atomic E-state index is 2.45. The van der Waals surface area contributed by atoms with Gasteiger partial charge >= 0.3 is 0 Å². The van der Waals surface area contributed by atoms with E-state index in [9.17, 15) is 0 Å². The van der Waals surface area contributed by atoms with Gasteiger partial charge in [-0.25, -0.2) is 0 Å². The van der Waals surface area contributed by atoms with E-state index in [2.05, 4.69) is 51.9 Å². The molecule has 0 aliphatic rings. The highest BCUT2D eigenvalue weighted by Gasteiger charge is 2.18. The third-order valence-corrected chi connectivity index (χ3v) is 6.81. The molecule has 0 saturated carbocycles. The summed E-state index contributed by atoms with van der Waals surface area (Å²) in [5.41, 5.74) is 0.914. The lowest BCUT2D eigenvalue weighted by atomic mass is 10.2. The Hall–Kier alpha value is -0.0831. The molecule has 0 radical (unpaired) electrons. The first-order valence-corrected chi connectivity index (χ1v) is 8.23. The van der Waals surface area contributed by atoms with Gasteiger partial charge < -0.3 is 4.90 Å². The molecule has 0 aliphatic heterocycles. The molecule has 0 N–H and O–H groups in total. The van der Waals surface area contributed by atoms with E-state index >= 15 is 0 Å². The molecular formula is C12H27NSi. The maximum Gasteiger partial charge on any atom is 0.0596 e. The molecule has 14 heavy (non-hydrogen) atoms.